The lowest BCUT2D eigenvalue weighted by atomic mass is 10.0. The number of nitriles is 1. The van der Waals surface area contributed by atoms with Gasteiger partial charge in [-0.05, 0) is 69.1 Å². The predicted octanol–water partition coefficient (Wildman–Crippen LogP) is 3.94. The van der Waals surface area contributed by atoms with E-state index in [0.29, 0.717) is 29.4 Å². The van der Waals surface area contributed by atoms with Crippen LogP contribution in [0.3, 0.4) is 0 Å². The molecule has 0 spiro atoms. The molecule has 3 aliphatic rings. The van der Waals surface area contributed by atoms with Crippen molar-refractivity contribution in [1.82, 2.24) is 39.6 Å². The van der Waals surface area contributed by atoms with Crippen LogP contribution in [0.4, 0.5) is 5.69 Å². The molecular formula is C38H41ClN10O4. The average molecular weight is 737 g/mol. The van der Waals surface area contributed by atoms with Crippen molar-refractivity contribution in [3.8, 4) is 17.3 Å². The molecule has 2 aromatic carbocycles. The molecule has 0 aliphatic carbocycles. The monoisotopic (exact) mass is 736 g/mol. The summed E-state index contributed by atoms with van der Waals surface area (Å²) in [4.78, 5) is 56.4. The minimum Gasteiger partial charge on any atom is -0.384 e. The Kier molecular flexibility index (Phi) is 10.7. The summed E-state index contributed by atoms with van der Waals surface area (Å²) in [6.07, 6.45) is 5.89. The summed E-state index contributed by atoms with van der Waals surface area (Å²) in [5.41, 5.74) is 4.42. The Morgan fingerprint density at radius 2 is 1.83 bits per heavy atom. The fraction of sp³-hybridized carbons (Fsp3) is 0.395. The van der Waals surface area contributed by atoms with Gasteiger partial charge < -0.3 is 10.2 Å². The van der Waals surface area contributed by atoms with E-state index < -0.39 is 29.7 Å². The van der Waals surface area contributed by atoms with Crippen molar-refractivity contribution in [3.05, 3.63) is 88.3 Å². The van der Waals surface area contributed by atoms with E-state index in [9.17, 15) is 19.2 Å². The normalized spacial score (nSPS) is 18.6. The summed E-state index contributed by atoms with van der Waals surface area (Å²) >= 11 is 6.24. The van der Waals surface area contributed by atoms with E-state index in [0.717, 1.165) is 74.0 Å². The van der Waals surface area contributed by atoms with Crippen LogP contribution in [-0.4, -0.2) is 103 Å². The quantitative estimate of drug-likeness (QED) is 0.152. The number of anilines is 1. The summed E-state index contributed by atoms with van der Waals surface area (Å²) < 4.78 is 3.99. The maximum absolute atomic E-state index is 13.3. The predicted molar refractivity (Wildman–Crippen MR) is 197 cm³/mol. The van der Waals surface area contributed by atoms with Gasteiger partial charge >= 0.3 is 0 Å². The van der Waals surface area contributed by atoms with Crippen LogP contribution in [0.2, 0.25) is 5.02 Å². The van der Waals surface area contributed by atoms with E-state index in [1.54, 1.807) is 30.3 Å². The molecule has 0 bridgehead atoms. The lowest BCUT2D eigenvalue weighted by molar-refractivity contribution is -0.136. The van der Waals surface area contributed by atoms with Crippen molar-refractivity contribution < 1.29 is 19.2 Å². The molecule has 14 nitrogen and oxygen atoms in total. The molecular weight excluding hydrogens is 696 g/mol. The van der Waals surface area contributed by atoms with Gasteiger partial charge in [0.25, 0.3) is 11.8 Å². The first-order valence-corrected chi connectivity index (χ1v) is 18.4. The van der Waals surface area contributed by atoms with Crippen molar-refractivity contribution in [3.63, 3.8) is 0 Å². The zero-order chi connectivity index (χ0) is 37.1. The lowest BCUT2D eigenvalue weighted by Crippen LogP contribution is -2.54. The lowest BCUT2D eigenvalue weighted by Gasteiger charge is -2.35. The number of nitrogens with zero attached hydrogens (tertiary/aromatic N) is 8. The van der Waals surface area contributed by atoms with E-state index in [-0.39, 0.29) is 30.0 Å². The van der Waals surface area contributed by atoms with Gasteiger partial charge in [-0.1, -0.05) is 23.7 Å². The van der Waals surface area contributed by atoms with Gasteiger partial charge in [0.2, 0.25) is 11.8 Å². The third kappa shape index (κ3) is 7.73. The van der Waals surface area contributed by atoms with Gasteiger partial charge in [0.05, 0.1) is 45.7 Å². The summed E-state index contributed by atoms with van der Waals surface area (Å²) in [5, 5.41) is 24.5. The number of carbonyl (C=O) groups excluding carboxylic acids is 4. The fourth-order valence-corrected chi connectivity index (χ4v) is 7.56. The molecule has 3 aliphatic heterocycles. The van der Waals surface area contributed by atoms with Crippen LogP contribution in [0.25, 0.3) is 11.3 Å². The standard InChI is InChI=1S/C38H41ClN10O4/c1-25(23-47-16-12-31(44-47)26-7-8-27(22-40)30(39)21-26)49-28(11-14-42-49)24-46-19-17-45(18-20-46)15-3-2-13-41-32-6-4-5-29-35(32)38(53)48(37(29)52)33-9-10-34(50)43-36(33)51/h4-8,11-12,14,16,21,25,33,41H,2-3,9-10,13,15,17-20,23-24H2,1H3,(H,43,50,51)/t25-,33?/m1/s1. The third-order valence-corrected chi connectivity index (χ3v) is 10.5. The van der Waals surface area contributed by atoms with Crippen LogP contribution in [0.1, 0.15) is 70.6 Å². The molecule has 274 valence electrons. The maximum atomic E-state index is 13.3. The Morgan fingerprint density at radius 1 is 1.02 bits per heavy atom. The highest BCUT2D eigenvalue weighted by atomic mass is 35.5. The highest BCUT2D eigenvalue weighted by molar-refractivity contribution is 6.32. The molecule has 2 saturated heterocycles. The average Bonchev–Trinajstić information content (AvgIpc) is 3.88. The number of aromatic nitrogens is 4. The van der Waals surface area contributed by atoms with Crippen LogP contribution in [-0.2, 0) is 22.7 Å². The van der Waals surface area contributed by atoms with E-state index in [4.69, 9.17) is 22.0 Å². The van der Waals surface area contributed by atoms with E-state index in [1.807, 2.05) is 29.2 Å². The summed E-state index contributed by atoms with van der Waals surface area (Å²) in [6, 6.07) is 15.7. The van der Waals surface area contributed by atoms with Gasteiger partial charge in [-0.15, -0.1) is 0 Å². The number of hydrogen-bond acceptors (Lipinski definition) is 10. The number of rotatable bonds is 13. The van der Waals surface area contributed by atoms with E-state index in [2.05, 4.69) is 49.3 Å². The smallest absolute Gasteiger partial charge is 0.264 e. The Hall–Kier alpha value is -5.36. The minimum absolute atomic E-state index is 0.0877. The molecule has 53 heavy (non-hydrogen) atoms. The maximum Gasteiger partial charge on any atom is 0.264 e. The zero-order valence-electron chi connectivity index (χ0n) is 29.5. The fourth-order valence-electron chi connectivity index (χ4n) is 7.34. The van der Waals surface area contributed by atoms with Crippen LogP contribution >= 0.6 is 11.6 Å². The van der Waals surface area contributed by atoms with E-state index in [1.165, 1.54) is 0 Å². The van der Waals surface area contributed by atoms with Gasteiger partial charge in [0.1, 0.15) is 12.1 Å². The van der Waals surface area contributed by atoms with Crippen LogP contribution in [0.5, 0.6) is 0 Å². The van der Waals surface area contributed by atoms with Gasteiger partial charge in [0, 0.05) is 69.3 Å². The molecule has 15 heteroatoms. The summed E-state index contributed by atoms with van der Waals surface area (Å²) in [5.74, 6) is -2.01. The summed E-state index contributed by atoms with van der Waals surface area (Å²) in [7, 11) is 0. The van der Waals surface area contributed by atoms with Crippen molar-refractivity contribution in [1.29, 1.82) is 5.26 Å². The van der Waals surface area contributed by atoms with Gasteiger partial charge in [-0.3, -0.25) is 43.7 Å². The van der Waals surface area contributed by atoms with E-state index >= 15 is 0 Å². The van der Waals surface area contributed by atoms with Gasteiger partial charge in [-0.2, -0.15) is 15.5 Å². The molecule has 5 heterocycles. The molecule has 0 saturated carbocycles. The molecule has 0 radical (unpaired) electrons. The number of imide groups is 2. The molecule has 4 aromatic rings. The Labute approximate surface area is 312 Å². The van der Waals surface area contributed by atoms with Crippen molar-refractivity contribution in [2.45, 2.75) is 57.8 Å². The number of hydrogen-bond donors (Lipinski definition) is 2. The molecule has 2 aromatic heterocycles. The minimum atomic E-state index is -0.982. The Morgan fingerprint density at radius 3 is 2.60 bits per heavy atom. The van der Waals surface area contributed by atoms with Crippen molar-refractivity contribution in [2.24, 2.45) is 0 Å². The van der Waals surface area contributed by atoms with Gasteiger partial charge in [0.15, 0.2) is 0 Å². The largest absolute Gasteiger partial charge is 0.384 e. The summed E-state index contributed by atoms with van der Waals surface area (Å²) in [6.45, 7) is 9.11. The van der Waals surface area contributed by atoms with Crippen LogP contribution < -0.4 is 10.6 Å². The molecule has 2 N–H and O–H groups in total. The molecule has 1 unspecified atom stereocenters. The number of amides is 4. The third-order valence-electron chi connectivity index (χ3n) is 10.2. The topological polar surface area (TPSA) is 161 Å². The number of piperidine rings is 1. The highest BCUT2D eigenvalue weighted by Gasteiger charge is 2.45. The Bertz CT molecular complexity index is 2080. The van der Waals surface area contributed by atoms with Crippen LogP contribution in [0.15, 0.2) is 60.9 Å². The van der Waals surface area contributed by atoms with Crippen molar-refractivity contribution in [2.75, 3.05) is 44.6 Å². The second kappa shape index (κ2) is 15.7. The Balaban J connectivity index is 0.841. The number of piperazine rings is 1. The number of fused-ring (bicyclic) bond motifs is 1. The zero-order valence-corrected chi connectivity index (χ0v) is 30.3. The SMILES string of the molecule is C[C@H](Cn1ccc(-c2ccc(C#N)c(Cl)c2)n1)n1nccc1CN1CCN(CCCCNc2cccc3c2C(=O)N(C2CCC(=O)NC2=O)C3=O)CC1. The second-order valence-corrected chi connectivity index (χ2v) is 14.2. The molecule has 7 rings (SSSR count). The van der Waals surface area contributed by atoms with Crippen LogP contribution in [0, 0.1) is 11.3 Å². The molecule has 2 atom stereocenters. The molecule has 2 fully saturated rings. The first kappa shape index (κ1) is 36.0. The first-order chi connectivity index (χ1) is 25.7. The molecule has 4 amide bonds. The number of halogens is 1. The second-order valence-electron chi connectivity index (χ2n) is 13.8. The number of benzene rings is 2. The van der Waals surface area contributed by atoms with Gasteiger partial charge in [-0.25, -0.2) is 0 Å². The highest BCUT2D eigenvalue weighted by Crippen LogP contribution is 2.32. The number of unbranched alkanes of at least 4 members (excludes halogenated alkanes) is 1. The van der Waals surface area contributed by atoms with Crippen molar-refractivity contribution >= 4 is 40.9 Å². The number of carbonyl (C=O) groups is 4. The number of nitrogens with one attached hydrogen (secondary N) is 2. The first-order valence-electron chi connectivity index (χ1n) is 18.0.